The first-order chi connectivity index (χ1) is 10.7. The van der Waals surface area contributed by atoms with Crippen LogP contribution >= 0.6 is 11.8 Å². The standard InChI is InChI=1S/C17H23N3OS/c1-3-4-10-15-13(2)19-17(20-15)22-12-16(21)18-11-14-8-6-5-7-9-14/h5-9H,3-4,10-12H2,1-2H3,(H,18,21)(H,19,20). The molecule has 0 atom stereocenters. The number of hydrogen-bond donors (Lipinski definition) is 2. The smallest absolute Gasteiger partial charge is 0.230 e. The SMILES string of the molecule is CCCCc1nc(SCC(=O)NCc2ccccc2)[nH]c1C. The van der Waals surface area contributed by atoms with Gasteiger partial charge < -0.3 is 10.3 Å². The summed E-state index contributed by atoms with van der Waals surface area (Å²) in [6, 6.07) is 9.92. The zero-order chi connectivity index (χ0) is 15.8. The molecule has 0 fully saturated rings. The highest BCUT2D eigenvalue weighted by Crippen LogP contribution is 2.17. The summed E-state index contributed by atoms with van der Waals surface area (Å²) in [4.78, 5) is 19.7. The number of imidazole rings is 1. The molecule has 1 heterocycles. The lowest BCUT2D eigenvalue weighted by Crippen LogP contribution is -2.24. The molecule has 22 heavy (non-hydrogen) atoms. The summed E-state index contributed by atoms with van der Waals surface area (Å²) in [5.41, 5.74) is 3.34. The quantitative estimate of drug-likeness (QED) is 0.733. The second-order valence-corrected chi connectivity index (χ2v) is 6.23. The number of carbonyl (C=O) groups is 1. The molecular weight excluding hydrogens is 294 g/mol. The molecule has 0 aliphatic heterocycles. The molecule has 0 unspecified atom stereocenters. The van der Waals surface area contributed by atoms with Gasteiger partial charge in [-0.25, -0.2) is 4.98 Å². The largest absolute Gasteiger partial charge is 0.351 e. The van der Waals surface area contributed by atoms with E-state index in [0.717, 1.165) is 41.4 Å². The van der Waals surface area contributed by atoms with E-state index in [0.29, 0.717) is 12.3 Å². The third-order valence-corrected chi connectivity index (χ3v) is 4.28. The van der Waals surface area contributed by atoms with Crippen LogP contribution in [-0.4, -0.2) is 21.6 Å². The van der Waals surface area contributed by atoms with Gasteiger partial charge in [0.1, 0.15) is 0 Å². The maximum absolute atomic E-state index is 11.9. The fourth-order valence-corrected chi connectivity index (χ4v) is 2.87. The Morgan fingerprint density at radius 3 is 2.82 bits per heavy atom. The van der Waals surface area contributed by atoms with Crippen LogP contribution in [0.3, 0.4) is 0 Å². The van der Waals surface area contributed by atoms with E-state index >= 15 is 0 Å². The lowest BCUT2D eigenvalue weighted by molar-refractivity contribution is -0.118. The fourth-order valence-electron chi connectivity index (χ4n) is 2.10. The van der Waals surface area contributed by atoms with Crippen LogP contribution in [0, 0.1) is 6.92 Å². The number of nitrogens with one attached hydrogen (secondary N) is 2. The van der Waals surface area contributed by atoms with Gasteiger partial charge in [-0.1, -0.05) is 55.4 Å². The van der Waals surface area contributed by atoms with Gasteiger partial charge in [0.2, 0.25) is 5.91 Å². The number of nitrogens with zero attached hydrogens (tertiary/aromatic N) is 1. The molecule has 0 saturated carbocycles. The van der Waals surface area contributed by atoms with Crippen LogP contribution in [0.2, 0.25) is 0 Å². The molecule has 0 radical (unpaired) electrons. The van der Waals surface area contributed by atoms with Crippen LogP contribution in [0.15, 0.2) is 35.5 Å². The lowest BCUT2D eigenvalue weighted by atomic mass is 10.2. The van der Waals surface area contributed by atoms with Gasteiger partial charge in [-0.15, -0.1) is 0 Å². The number of H-pyrrole nitrogens is 1. The number of unbranched alkanes of at least 4 members (excludes halogenated alkanes) is 1. The maximum atomic E-state index is 11.9. The van der Waals surface area contributed by atoms with Gasteiger partial charge in [-0.2, -0.15) is 0 Å². The average molecular weight is 317 g/mol. The number of aromatic amines is 1. The molecule has 2 aromatic rings. The first-order valence-corrected chi connectivity index (χ1v) is 8.66. The van der Waals surface area contributed by atoms with Crippen molar-refractivity contribution in [2.24, 2.45) is 0 Å². The summed E-state index contributed by atoms with van der Waals surface area (Å²) in [5, 5.41) is 3.76. The van der Waals surface area contributed by atoms with Crippen LogP contribution in [0.25, 0.3) is 0 Å². The zero-order valence-corrected chi connectivity index (χ0v) is 14.0. The Labute approximate surface area is 136 Å². The molecule has 1 aromatic carbocycles. The lowest BCUT2D eigenvalue weighted by Gasteiger charge is -2.04. The van der Waals surface area contributed by atoms with Gasteiger partial charge in [0.15, 0.2) is 5.16 Å². The van der Waals surface area contributed by atoms with Crippen molar-refractivity contribution in [1.29, 1.82) is 0 Å². The Bertz CT molecular complexity index is 595. The number of benzene rings is 1. The van der Waals surface area contributed by atoms with E-state index in [1.807, 2.05) is 37.3 Å². The van der Waals surface area contributed by atoms with Crippen molar-refractivity contribution in [2.45, 2.75) is 44.8 Å². The highest BCUT2D eigenvalue weighted by molar-refractivity contribution is 7.99. The first-order valence-electron chi connectivity index (χ1n) is 7.68. The van der Waals surface area contributed by atoms with Crippen molar-refractivity contribution in [2.75, 3.05) is 5.75 Å². The molecule has 0 aliphatic carbocycles. The van der Waals surface area contributed by atoms with Crippen LogP contribution in [0.5, 0.6) is 0 Å². The van der Waals surface area contributed by atoms with Crippen molar-refractivity contribution in [3.63, 3.8) is 0 Å². The minimum atomic E-state index is 0.0259. The zero-order valence-electron chi connectivity index (χ0n) is 13.2. The van der Waals surface area contributed by atoms with E-state index in [2.05, 4.69) is 22.2 Å². The Kier molecular flexibility index (Phi) is 6.52. The molecule has 118 valence electrons. The molecule has 5 heteroatoms. The molecule has 2 N–H and O–H groups in total. The summed E-state index contributed by atoms with van der Waals surface area (Å²) < 4.78 is 0. The van der Waals surface area contributed by atoms with E-state index in [9.17, 15) is 4.79 Å². The molecule has 0 saturated heterocycles. The van der Waals surface area contributed by atoms with Gasteiger partial charge in [0.05, 0.1) is 11.4 Å². The third-order valence-electron chi connectivity index (χ3n) is 3.40. The van der Waals surface area contributed by atoms with Gasteiger partial charge in [-0.3, -0.25) is 4.79 Å². The molecular formula is C17H23N3OS. The molecule has 1 aromatic heterocycles. The van der Waals surface area contributed by atoms with Crippen LogP contribution < -0.4 is 5.32 Å². The second-order valence-electron chi connectivity index (χ2n) is 5.27. The number of carbonyl (C=O) groups excluding carboxylic acids is 1. The topological polar surface area (TPSA) is 57.8 Å². The Morgan fingerprint density at radius 1 is 1.32 bits per heavy atom. The van der Waals surface area contributed by atoms with E-state index in [1.165, 1.54) is 11.8 Å². The van der Waals surface area contributed by atoms with Crippen LogP contribution in [0.4, 0.5) is 0 Å². The van der Waals surface area contributed by atoms with Gasteiger partial charge in [0.25, 0.3) is 0 Å². The molecule has 0 bridgehead atoms. The van der Waals surface area contributed by atoms with Gasteiger partial charge >= 0.3 is 0 Å². The van der Waals surface area contributed by atoms with Crippen molar-refractivity contribution in [3.05, 3.63) is 47.3 Å². The number of amides is 1. The molecule has 1 amide bonds. The average Bonchev–Trinajstić information content (AvgIpc) is 2.90. The van der Waals surface area contributed by atoms with Crippen molar-refractivity contribution in [1.82, 2.24) is 15.3 Å². The molecule has 0 spiro atoms. The summed E-state index contributed by atoms with van der Waals surface area (Å²) in [6.07, 6.45) is 3.31. The van der Waals surface area contributed by atoms with E-state index < -0.39 is 0 Å². The minimum Gasteiger partial charge on any atom is -0.351 e. The predicted octanol–water partition coefficient (Wildman–Crippen LogP) is 3.47. The van der Waals surface area contributed by atoms with Crippen molar-refractivity contribution >= 4 is 17.7 Å². The van der Waals surface area contributed by atoms with Gasteiger partial charge in [0, 0.05) is 12.2 Å². The molecule has 2 rings (SSSR count). The predicted molar refractivity (Wildman–Crippen MR) is 90.9 cm³/mol. The monoisotopic (exact) mass is 317 g/mol. The number of thioether (sulfide) groups is 1. The highest BCUT2D eigenvalue weighted by Gasteiger charge is 2.09. The first kappa shape index (κ1) is 16.6. The number of aryl methyl sites for hydroxylation is 2. The highest BCUT2D eigenvalue weighted by atomic mass is 32.2. The van der Waals surface area contributed by atoms with Crippen molar-refractivity contribution in [3.8, 4) is 0 Å². The van der Waals surface area contributed by atoms with Crippen molar-refractivity contribution < 1.29 is 4.79 Å². The summed E-state index contributed by atoms with van der Waals surface area (Å²) >= 11 is 1.45. The normalized spacial score (nSPS) is 10.6. The number of rotatable bonds is 8. The minimum absolute atomic E-state index is 0.0259. The maximum Gasteiger partial charge on any atom is 0.230 e. The summed E-state index contributed by atoms with van der Waals surface area (Å²) in [7, 11) is 0. The van der Waals surface area contributed by atoms with E-state index in [1.54, 1.807) is 0 Å². The Morgan fingerprint density at radius 2 is 2.09 bits per heavy atom. The van der Waals surface area contributed by atoms with E-state index in [4.69, 9.17) is 0 Å². The molecule has 4 nitrogen and oxygen atoms in total. The summed E-state index contributed by atoms with van der Waals surface area (Å²) in [5.74, 6) is 0.408. The van der Waals surface area contributed by atoms with E-state index in [-0.39, 0.29) is 5.91 Å². The Hall–Kier alpha value is -1.75. The van der Waals surface area contributed by atoms with Gasteiger partial charge in [-0.05, 0) is 25.3 Å². The number of hydrogen-bond acceptors (Lipinski definition) is 3. The van der Waals surface area contributed by atoms with Crippen LogP contribution in [0.1, 0.15) is 36.7 Å². The number of aromatic nitrogens is 2. The Balaban J connectivity index is 1.76. The fraction of sp³-hybridized carbons (Fsp3) is 0.412. The van der Waals surface area contributed by atoms with Crippen LogP contribution in [-0.2, 0) is 17.8 Å². The molecule has 0 aliphatic rings. The third kappa shape index (κ3) is 5.22. The second kappa shape index (κ2) is 8.63. The summed E-state index contributed by atoms with van der Waals surface area (Å²) in [6.45, 7) is 4.78.